The Labute approximate surface area is 168 Å². The van der Waals surface area contributed by atoms with E-state index in [1.807, 2.05) is 37.3 Å². The van der Waals surface area contributed by atoms with E-state index in [9.17, 15) is 9.59 Å². The minimum atomic E-state index is -0.235. The van der Waals surface area contributed by atoms with E-state index in [1.165, 1.54) is 5.56 Å². The molecule has 1 aliphatic heterocycles. The highest BCUT2D eigenvalue weighted by Crippen LogP contribution is 2.29. The summed E-state index contributed by atoms with van der Waals surface area (Å²) in [6.45, 7) is 4.27. The molecule has 2 aromatic rings. The summed E-state index contributed by atoms with van der Waals surface area (Å²) in [7, 11) is 0. The molecule has 27 heavy (non-hydrogen) atoms. The fraction of sp³-hybridized carbons (Fsp3) is 0.333. The minimum Gasteiger partial charge on any atom is -0.359 e. The van der Waals surface area contributed by atoms with E-state index in [1.54, 1.807) is 0 Å². The summed E-state index contributed by atoms with van der Waals surface area (Å²) in [5, 5.41) is 5.56. The molecule has 2 amide bonds. The van der Waals surface area contributed by atoms with Crippen molar-refractivity contribution in [3.63, 3.8) is 0 Å². The van der Waals surface area contributed by atoms with Gasteiger partial charge in [0.2, 0.25) is 11.8 Å². The smallest absolute Gasteiger partial charge is 0.243 e. The molecule has 1 unspecified atom stereocenters. The van der Waals surface area contributed by atoms with Crippen molar-refractivity contribution in [2.75, 3.05) is 23.3 Å². The van der Waals surface area contributed by atoms with Crippen LogP contribution in [0.4, 0.5) is 11.4 Å². The van der Waals surface area contributed by atoms with E-state index < -0.39 is 0 Å². The third-order valence-corrected chi connectivity index (χ3v) is 5.38. The monoisotopic (exact) mass is 429 g/mol. The maximum atomic E-state index is 12.4. The first-order chi connectivity index (χ1) is 12.9. The van der Waals surface area contributed by atoms with Crippen LogP contribution in [0.3, 0.4) is 0 Å². The minimum absolute atomic E-state index is 0.0434. The first kappa shape index (κ1) is 19.4. The van der Waals surface area contributed by atoms with Gasteiger partial charge in [-0.2, -0.15) is 0 Å². The van der Waals surface area contributed by atoms with Crippen LogP contribution < -0.4 is 15.5 Å². The summed E-state index contributed by atoms with van der Waals surface area (Å²) in [6, 6.07) is 14.1. The number of para-hydroxylation sites is 1. The van der Waals surface area contributed by atoms with Crippen molar-refractivity contribution in [3.05, 3.63) is 58.1 Å². The highest BCUT2D eigenvalue weighted by Gasteiger charge is 2.24. The molecule has 0 bridgehead atoms. The molecule has 1 atom stereocenters. The van der Waals surface area contributed by atoms with Crippen LogP contribution in [-0.4, -0.2) is 30.9 Å². The van der Waals surface area contributed by atoms with Gasteiger partial charge in [-0.1, -0.05) is 34.1 Å². The number of hydrogen-bond acceptors (Lipinski definition) is 3. The number of nitrogens with one attached hydrogen (secondary N) is 2. The molecule has 5 nitrogen and oxygen atoms in total. The number of halogens is 1. The second kappa shape index (κ2) is 8.57. The Hall–Kier alpha value is -2.34. The first-order valence-electron chi connectivity index (χ1n) is 9.11. The molecule has 142 valence electrons. The molecule has 1 aliphatic rings. The lowest BCUT2D eigenvalue weighted by Gasteiger charge is -2.36. The fourth-order valence-corrected chi connectivity index (χ4v) is 3.83. The van der Waals surface area contributed by atoms with E-state index >= 15 is 0 Å². The van der Waals surface area contributed by atoms with Crippen LogP contribution in [-0.2, 0) is 16.0 Å². The van der Waals surface area contributed by atoms with E-state index in [4.69, 9.17) is 0 Å². The van der Waals surface area contributed by atoms with Gasteiger partial charge in [-0.05, 0) is 62.1 Å². The Balaban J connectivity index is 1.54. The normalized spacial score (nSPS) is 15.8. The molecule has 0 saturated carbocycles. The molecule has 3 rings (SSSR count). The SMILES string of the molecule is Cc1cc(Br)ccc1NC(=O)CNC(=O)CN1c2ccccc2CCC1C. The Morgan fingerprint density at radius 2 is 1.96 bits per heavy atom. The van der Waals surface area contributed by atoms with Crippen molar-refractivity contribution in [1.82, 2.24) is 5.32 Å². The molecule has 0 saturated heterocycles. The van der Waals surface area contributed by atoms with Crippen LogP contribution in [0.2, 0.25) is 0 Å². The lowest BCUT2D eigenvalue weighted by atomic mass is 9.97. The predicted octanol–water partition coefficient (Wildman–Crippen LogP) is 3.65. The zero-order chi connectivity index (χ0) is 19.4. The van der Waals surface area contributed by atoms with Crippen LogP contribution >= 0.6 is 15.9 Å². The molecule has 0 spiro atoms. The van der Waals surface area contributed by atoms with Gasteiger partial charge in [0.15, 0.2) is 0 Å². The van der Waals surface area contributed by atoms with Gasteiger partial charge < -0.3 is 15.5 Å². The van der Waals surface area contributed by atoms with Crippen molar-refractivity contribution in [2.45, 2.75) is 32.7 Å². The average molecular weight is 430 g/mol. The third-order valence-electron chi connectivity index (χ3n) is 4.89. The van der Waals surface area contributed by atoms with Gasteiger partial charge in [0, 0.05) is 21.9 Å². The van der Waals surface area contributed by atoms with E-state index in [0.29, 0.717) is 6.04 Å². The molecule has 0 radical (unpaired) electrons. The molecular formula is C21H24BrN3O2. The van der Waals surface area contributed by atoms with Gasteiger partial charge in [-0.3, -0.25) is 9.59 Å². The topological polar surface area (TPSA) is 61.4 Å². The predicted molar refractivity (Wildman–Crippen MR) is 112 cm³/mol. The number of amides is 2. The highest BCUT2D eigenvalue weighted by molar-refractivity contribution is 9.10. The molecule has 0 aliphatic carbocycles. The van der Waals surface area contributed by atoms with Crippen LogP contribution in [0.15, 0.2) is 46.9 Å². The second-order valence-electron chi connectivity index (χ2n) is 6.93. The zero-order valence-electron chi connectivity index (χ0n) is 15.6. The van der Waals surface area contributed by atoms with Crippen molar-refractivity contribution in [1.29, 1.82) is 0 Å². The second-order valence-corrected chi connectivity index (χ2v) is 7.84. The number of nitrogens with zero attached hydrogens (tertiary/aromatic N) is 1. The van der Waals surface area contributed by atoms with Gasteiger partial charge in [-0.25, -0.2) is 0 Å². The average Bonchev–Trinajstić information content (AvgIpc) is 2.65. The fourth-order valence-electron chi connectivity index (χ4n) is 3.35. The molecule has 0 aromatic heterocycles. The third kappa shape index (κ3) is 4.89. The molecule has 0 fully saturated rings. The summed E-state index contributed by atoms with van der Waals surface area (Å²) >= 11 is 3.40. The lowest BCUT2D eigenvalue weighted by molar-refractivity contribution is -0.123. The maximum absolute atomic E-state index is 12.4. The summed E-state index contributed by atoms with van der Waals surface area (Å²) in [5.74, 6) is -0.387. The summed E-state index contributed by atoms with van der Waals surface area (Å²) in [4.78, 5) is 26.7. The van der Waals surface area contributed by atoms with Crippen molar-refractivity contribution >= 4 is 39.1 Å². The van der Waals surface area contributed by atoms with Crippen molar-refractivity contribution in [2.24, 2.45) is 0 Å². The van der Waals surface area contributed by atoms with Crippen LogP contribution in [0.5, 0.6) is 0 Å². The molecular weight excluding hydrogens is 406 g/mol. The number of carbonyl (C=O) groups excluding carboxylic acids is 2. The molecule has 6 heteroatoms. The maximum Gasteiger partial charge on any atom is 0.243 e. The number of benzene rings is 2. The Bertz CT molecular complexity index is 853. The number of fused-ring (bicyclic) bond motifs is 1. The van der Waals surface area contributed by atoms with E-state index in [-0.39, 0.29) is 24.9 Å². The Morgan fingerprint density at radius 3 is 2.74 bits per heavy atom. The first-order valence-corrected chi connectivity index (χ1v) is 9.90. The molecule has 2 aromatic carbocycles. The van der Waals surface area contributed by atoms with Gasteiger partial charge in [0.1, 0.15) is 0 Å². The quantitative estimate of drug-likeness (QED) is 0.762. The Morgan fingerprint density at radius 1 is 1.19 bits per heavy atom. The lowest BCUT2D eigenvalue weighted by Crippen LogP contribution is -2.45. The number of rotatable bonds is 5. The summed E-state index contributed by atoms with van der Waals surface area (Å²) < 4.78 is 0.960. The van der Waals surface area contributed by atoms with E-state index in [0.717, 1.165) is 34.3 Å². The number of carbonyl (C=O) groups is 2. The van der Waals surface area contributed by atoms with Gasteiger partial charge in [0.25, 0.3) is 0 Å². The van der Waals surface area contributed by atoms with Crippen LogP contribution in [0.25, 0.3) is 0 Å². The number of aryl methyl sites for hydroxylation is 2. The summed E-state index contributed by atoms with van der Waals surface area (Å²) in [5.41, 5.74) is 4.09. The van der Waals surface area contributed by atoms with Crippen molar-refractivity contribution < 1.29 is 9.59 Å². The van der Waals surface area contributed by atoms with Gasteiger partial charge >= 0.3 is 0 Å². The van der Waals surface area contributed by atoms with Crippen LogP contribution in [0, 0.1) is 6.92 Å². The molecule has 2 N–H and O–H groups in total. The standard InChI is InChI=1S/C21H24BrN3O2/c1-14-11-17(22)9-10-18(14)24-20(26)12-23-21(27)13-25-15(2)7-8-16-5-3-4-6-19(16)25/h3-6,9-11,15H,7-8,12-13H2,1-2H3,(H,23,27)(H,24,26). The van der Waals surface area contributed by atoms with Crippen molar-refractivity contribution in [3.8, 4) is 0 Å². The largest absolute Gasteiger partial charge is 0.359 e. The summed E-state index contributed by atoms with van der Waals surface area (Å²) in [6.07, 6.45) is 2.05. The van der Waals surface area contributed by atoms with Gasteiger partial charge in [0.05, 0.1) is 13.1 Å². The highest BCUT2D eigenvalue weighted by atomic mass is 79.9. The number of hydrogen-bond donors (Lipinski definition) is 2. The zero-order valence-corrected chi connectivity index (χ0v) is 17.2. The van der Waals surface area contributed by atoms with Crippen LogP contribution in [0.1, 0.15) is 24.5 Å². The van der Waals surface area contributed by atoms with E-state index in [2.05, 4.69) is 50.5 Å². The van der Waals surface area contributed by atoms with Gasteiger partial charge in [-0.15, -0.1) is 0 Å². The molecule has 1 heterocycles. The Kier molecular flexibility index (Phi) is 6.16. The number of anilines is 2.